The van der Waals surface area contributed by atoms with Crippen LogP contribution in [0.25, 0.3) is 0 Å². The largest absolute Gasteiger partial charge is 0.322 e. The van der Waals surface area contributed by atoms with Crippen LogP contribution in [-0.2, 0) is 11.8 Å². The molecule has 0 radical (unpaired) electrons. The minimum Gasteiger partial charge on any atom is -0.322 e. The predicted molar refractivity (Wildman–Crippen MR) is 83.8 cm³/mol. The van der Waals surface area contributed by atoms with Gasteiger partial charge in [-0.2, -0.15) is 5.10 Å². The fourth-order valence-electron chi connectivity index (χ4n) is 2.75. The molecule has 3 rings (SSSR count). The van der Waals surface area contributed by atoms with Crippen molar-refractivity contribution in [2.45, 2.75) is 25.8 Å². The number of amides is 2. The Balaban J connectivity index is 2.07. The van der Waals surface area contributed by atoms with E-state index in [0.29, 0.717) is 17.7 Å². The van der Waals surface area contributed by atoms with Gasteiger partial charge >= 0.3 is 0 Å². The fraction of sp³-hybridized carbons (Fsp3) is 0.312. The summed E-state index contributed by atoms with van der Waals surface area (Å²) in [4.78, 5) is 26.9. The lowest BCUT2D eigenvalue weighted by Gasteiger charge is -2.36. The molecule has 22 heavy (non-hydrogen) atoms. The summed E-state index contributed by atoms with van der Waals surface area (Å²) in [5, 5.41) is 6.93. The molecule has 1 aromatic heterocycles. The van der Waals surface area contributed by atoms with Crippen LogP contribution in [0.4, 0.5) is 11.4 Å². The average molecular weight is 298 g/mol. The molecule has 0 saturated heterocycles. The fourth-order valence-corrected chi connectivity index (χ4v) is 2.75. The number of fused-ring (bicyclic) bond motifs is 1. The summed E-state index contributed by atoms with van der Waals surface area (Å²) < 4.78 is 1.58. The Morgan fingerprint density at radius 1 is 1.36 bits per heavy atom. The number of hydrogen-bond donors (Lipinski definition) is 1. The molecule has 1 aliphatic heterocycles. The summed E-state index contributed by atoms with van der Waals surface area (Å²) in [5.41, 5.74) is 1.87. The Morgan fingerprint density at radius 3 is 2.82 bits per heavy atom. The lowest BCUT2D eigenvalue weighted by Crippen LogP contribution is -2.51. The number of para-hydroxylation sites is 2. The molecular weight excluding hydrogens is 280 g/mol. The maximum atomic E-state index is 12.9. The van der Waals surface area contributed by atoms with Crippen molar-refractivity contribution in [1.82, 2.24) is 9.78 Å². The number of benzene rings is 1. The van der Waals surface area contributed by atoms with Gasteiger partial charge in [-0.05, 0) is 18.6 Å². The van der Waals surface area contributed by atoms with Crippen LogP contribution in [0.3, 0.4) is 0 Å². The van der Waals surface area contributed by atoms with Crippen LogP contribution >= 0.6 is 0 Å². The van der Waals surface area contributed by atoms with Gasteiger partial charge in [-0.3, -0.25) is 19.2 Å². The van der Waals surface area contributed by atoms with Gasteiger partial charge in [0.15, 0.2) is 0 Å². The van der Waals surface area contributed by atoms with Crippen molar-refractivity contribution in [1.29, 1.82) is 0 Å². The Morgan fingerprint density at radius 2 is 2.14 bits per heavy atom. The summed E-state index contributed by atoms with van der Waals surface area (Å²) in [7, 11) is 1.76. The van der Waals surface area contributed by atoms with Crippen molar-refractivity contribution in [2.24, 2.45) is 7.05 Å². The molecule has 2 amide bonds. The zero-order chi connectivity index (χ0) is 15.7. The van der Waals surface area contributed by atoms with E-state index in [2.05, 4.69) is 10.4 Å². The second kappa shape index (κ2) is 5.63. The summed E-state index contributed by atoms with van der Waals surface area (Å²) in [5.74, 6) is -0.341. The highest BCUT2D eigenvalue weighted by Crippen LogP contribution is 2.34. The number of hydrogen-bond acceptors (Lipinski definition) is 3. The molecule has 0 saturated carbocycles. The standard InChI is InChI=1S/C16H18N4O2/c1-3-6-14-15(21)18-12-7-4-5-8-13(12)20(14)16(22)11-9-17-19(2)10-11/h4-5,7-10,14H,3,6H2,1-2H3,(H,18,21). The van der Waals surface area contributed by atoms with Crippen LogP contribution in [0.15, 0.2) is 36.7 Å². The van der Waals surface area contributed by atoms with E-state index in [-0.39, 0.29) is 11.8 Å². The predicted octanol–water partition coefficient (Wildman–Crippen LogP) is 2.19. The van der Waals surface area contributed by atoms with Gasteiger partial charge in [-0.25, -0.2) is 0 Å². The topological polar surface area (TPSA) is 67.2 Å². The third-order valence-corrected chi connectivity index (χ3v) is 3.77. The van der Waals surface area contributed by atoms with Gasteiger partial charge in [0, 0.05) is 13.2 Å². The second-order valence-electron chi connectivity index (χ2n) is 5.39. The van der Waals surface area contributed by atoms with Crippen molar-refractivity contribution >= 4 is 23.2 Å². The molecule has 1 unspecified atom stereocenters. The first-order valence-corrected chi connectivity index (χ1v) is 7.34. The molecule has 6 nitrogen and oxygen atoms in total. The van der Waals surface area contributed by atoms with E-state index in [1.807, 2.05) is 25.1 Å². The van der Waals surface area contributed by atoms with Gasteiger partial charge < -0.3 is 5.32 Å². The molecule has 2 heterocycles. The minimum atomic E-state index is -0.493. The summed E-state index contributed by atoms with van der Waals surface area (Å²) >= 11 is 0. The van der Waals surface area contributed by atoms with Crippen LogP contribution < -0.4 is 10.2 Å². The molecule has 0 bridgehead atoms. The number of nitrogens with zero attached hydrogens (tertiary/aromatic N) is 3. The van der Waals surface area contributed by atoms with Crippen molar-refractivity contribution in [2.75, 3.05) is 10.2 Å². The summed E-state index contributed by atoms with van der Waals surface area (Å²) in [6.45, 7) is 2.00. The van der Waals surface area contributed by atoms with Crippen LogP contribution in [0.5, 0.6) is 0 Å². The van der Waals surface area contributed by atoms with E-state index in [1.54, 1.807) is 28.9 Å². The van der Waals surface area contributed by atoms with Gasteiger partial charge in [0.2, 0.25) is 5.91 Å². The van der Waals surface area contributed by atoms with E-state index in [0.717, 1.165) is 12.1 Å². The molecule has 0 fully saturated rings. The molecule has 0 spiro atoms. The van der Waals surface area contributed by atoms with Crippen LogP contribution in [0, 0.1) is 0 Å². The highest BCUT2D eigenvalue weighted by Gasteiger charge is 2.36. The number of rotatable bonds is 3. The van der Waals surface area contributed by atoms with Gasteiger partial charge in [0.25, 0.3) is 5.91 Å². The number of anilines is 2. The first-order chi connectivity index (χ1) is 10.6. The number of aromatic nitrogens is 2. The van der Waals surface area contributed by atoms with Crippen LogP contribution in [-0.4, -0.2) is 27.6 Å². The third-order valence-electron chi connectivity index (χ3n) is 3.77. The maximum Gasteiger partial charge on any atom is 0.262 e. The Hall–Kier alpha value is -2.63. The van der Waals surface area contributed by atoms with Crippen molar-refractivity contribution in [3.8, 4) is 0 Å². The highest BCUT2D eigenvalue weighted by atomic mass is 16.2. The van der Waals surface area contributed by atoms with Crippen molar-refractivity contribution < 1.29 is 9.59 Å². The maximum absolute atomic E-state index is 12.9. The van der Waals surface area contributed by atoms with Gasteiger partial charge in [-0.1, -0.05) is 25.5 Å². The summed E-state index contributed by atoms with van der Waals surface area (Å²) in [6, 6.07) is 6.87. The molecule has 1 aromatic carbocycles. The minimum absolute atomic E-state index is 0.141. The molecule has 2 aromatic rings. The molecule has 114 valence electrons. The normalized spacial score (nSPS) is 17.1. The number of carbonyl (C=O) groups excluding carboxylic acids is 2. The lowest BCUT2D eigenvalue weighted by molar-refractivity contribution is -0.117. The van der Waals surface area contributed by atoms with E-state index < -0.39 is 6.04 Å². The molecule has 1 atom stereocenters. The molecular formula is C16H18N4O2. The molecule has 1 aliphatic rings. The molecule has 0 aliphatic carbocycles. The van der Waals surface area contributed by atoms with Gasteiger partial charge in [-0.15, -0.1) is 0 Å². The Kier molecular flexibility index (Phi) is 3.66. The Bertz CT molecular complexity index is 722. The van der Waals surface area contributed by atoms with E-state index >= 15 is 0 Å². The first kappa shape index (κ1) is 14.3. The van der Waals surface area contributed by atoms with Gasteiger partial charge in [0.05, 0.1) is 23.1 Å². The van der Waals surface area contributed by atoms with E-state index in [9.17, 15) is 9.59 Å². The zero-order valence-electron chi connectivity index (χ0n) is 12.6. The van der Waals surface area contributed by atoms with Crippen molar-refractivity contribution in [3.05, 3.63) is 42.2 Å². The first-order valence-electron chi connectivity index (χ1n) is 7.34. The lowest BCUT2D eigenvalue weighted by atomic mass is 10.0. The number of carbonyl (C=O) groups is 2. The second-order valence-corrected chi connectivity index (χ2v) is 5.39. The zero-order valence-corrected chi connectivity index (χ0v) is 12.6. The number of nitrogens with one attached hydrogen (secondary N) is 1. The molecule has 1 N–H and O–H groups in total. The van der Waals surface area contributed by atoms with Crippen LogP contribution in [0.1, 0.15) is 30.1 Å². The molecule has 6 heteroatoms. The number of aryl methyl sites for hydroxylation is 1. The van der Waals surface area contributed by atoms with Gasteiger partial charge in [0.1, 0.15) is 6.04 Å². The highest BCUT2D eigenvalue weighted by molar-refractivity contribution is 6.16. The summed E-state index contributed by atoms with van der Waals surface area (Å²) in [6.07, 6.45) is 4.63. The quantitative estimate of drug-likeness (QED) is 0.944. The SMILES string of the molecule is CCCC1C(=O)Nc2ccccc2N1C(=O)c1cnn(C)c1. The monoisotopic (exact) mass is 298 g/mol. The average Bonchev–Trinajstić information content (AvgIpc) is 2.94. The third kappa shape index (κ3) is 2.36. The van der Waals surface area contributed by atoms with Crippen molar-refractivity contribution in [3.63, 3.8) is 0 Å². The van der Waals surface area contributed by atoms with E-state index in [4.69, 9.17) is 0 Å². The van der Waals surface area contributed by atoms with Crippen LogP contribution in [0.2, 0.25) is 0 Å². The Labute approximate surface area is 128 Å². The smallest absolute Gasteiger partial charge is 0.262 e. The van der Waals surface area contributed by atoms with E-state index in [1.165, 1.54) is 6.20 Å².